The van der Waals surface area contributed by atoms with Gasteiger partial charge in [0.25, 0.3) is 0 Å². The minimum atomic E-state index is 0.0612. The molecule has 0 heterocycles. The molecular weight excluding hydrogens is 282 g/mol. The van der Waals surface area contributed by atoms with Gasteiger partial charge >= 0.3 is 0 Å². The predicted molar refractivity (Wildman–Crippen MR) is 89.5 cm³/mol. The van der Waals surface area contributed by atoms with Crippen LogP contribution >= 0.6 is 11.8 Å². The van der Waals surface area contributed by atoms with E-state index in [-0.39, 0.29) is 12.5 Å². The Bertz CT molecular complexity index is 398. The Balaban J connectivity index is 2.46. The number of amides is 1. The van der Waals surface area contributed by atoms with Crippen LogP contribution in [0.1, 0.15) is 45.1 Å². The van der Waals surface area contributed by atoms with Gasteiger partial charge in [0.1, 0.15) is 0 Å². The molecule has 0 aliphatic carbocycles. The van der Waals surface area contributed by atoms with E-state index < -0.39 is 0 Å². The summed E-state index contributed by atoms with van der Waals surface area (Å²) >= 11 is 1.57. The lowest BCUT2D eigenvalue weighted by Crippen LogP contribution is -2.34. The second kappa shape index (κ2) is 10.7. The second-order valence-electron chi connectivity index (χ2n) is 5.18. The molecule has 21 heavy (non-hydrogen) atoms. The molecule has 0 aromatic heterocycles. The number of hydrogen-bond acceptors (Lipinski definition) is 3. The van der Waals surface area contributed by atoms with E-state index in [9.17, 15) is 4.79 Å². The van der Waals surface area contributed by atoms with E-state index >= 15 is 0 Å². The summed E-state index contributed by atoms with van der Waals surface area (Å²) in [6.07, 6.45) is 4.38. The molecule has 0 fully saturated rings. The van der Waals surface area contributed by atoms with Crippen molar-refractivity contribution in [1.29, 1.82) is 0 Å². The Kier molecular flexibility index (Phi) is 9.19. The maximum absolute atomic E-state index is 12.3. The molecule has 1 aromatic carbocycles. The molecule has 118 valence electrons. The average molecular weight is 309 g/mol. The van der Waals surface area contributed by atoms with Crippen molar-refractivity contribution in [2.24, 2.45) is 0 Å². The van der Waals surface area contributed by atoms with Crippen LogP contribution in [0.5, 0.6) is 0 Å². The predicted octanol–water partition coefficient (Wildman–Crippen LogP) is 3.70. The smallest absolute Gasteiger partial charge is 0.232 e. The van der Waals surface area contributed by atoms with E-state index in [0.29, 0.717) is 5.75 Å². The zero-order valence-electron chi connectivity index (χ0n) is 13.2. The quantitative estimate of drug-likeness (QED) is 0.670. The van der Waals surface area contributed by atoms with Crippen LogP contribution < -0.4 is 0 Å². The maximum atomic E-state index is 12.3. The summed E-state index contributed by atoms with van der Waals surface area (Å²) in [7, 11) is 0. The Morgan fingerprint density at radius 3 is 2.14 bits per heavy atom. The Labute approximate surface area is 132 Å². The number of hydrogen-bond donors (Lipinski definition) is 1. The standard InChI is InChI=1S/C17H27NO2S/c1-3-5-11-18(12-6-4-2)17(20)14-21-16-9-7-15(13-19)8-10-16/h7-10,19H,3-6,11-14H2,1-2H3. The van der Waals surface area contributed by atoms with E-state index in [1.807, 2.05) is 29.2 Å². The van der Waals surface area contributed by atoms with Gasteiger partial charge in [0.15, 0.2) is 0 Å². The summed E-state index contributed by atoms with van der Waals surface area (Å²) in [6, 6.07) is 7.73. The Morgan fingerprint density at radius 2 is 1.67 bits per heavy atom. The first-order valence-corrected chi connectivity index (χ1v) is 8.80. The van der Waals surface area contributed by atoms with Crippen LogP contribution in [0.2, 0.25) is 0 Å². The van der Waals surface area contributed by atoms with E-state index in [1.165, 1.54) is 0 Å². The van der Waals surface area contributed by atoms with Crippen molar-refractivity contribution in [1.82, 2.24) is 4.90 Å². The van der Waals surface area contributed by atoms with Gasteiger partial charge in [-0.1, -0.05) is 38.8 Å². The number of aliphatic hydroxyl groups is 1. The Morgan fingerprint density at radius 1 is 1.10 bits per heavy atom. The number of carbonyl (C=O) groups excluding carboxylic acids is 1. The van der Waals surface area contributed by atoms with Gasteiger partial charge < -0.3 is 10.0 Å². The number of unbranched alkanes of at least 4 members (excludes halogenated alkanes) is 2. The van der Waals surface area contributed by atoms with Crippen molar-refractivity contribution in [2.45, 2.75) is 51.0 Å². The molecule has 1 N–H and O–H groups in total. The van der Waals surface area contributed by atoms with Gasteiger partial charge in [0.2, 0.25) is 5.91 Å². The number of aliphatic hydroxyl groups excluding tert-OH is 1. The molecule has 3 nitrogen and oxygen atoms in total. The highest BCUT2D eigenvalue weighted by atomic mass is 32.2. The van der Waals surface area contributed by atoms with Gasteiger partial charge in [-0.05, 0) is 30.5 Å². The van der Waals surface area contributed by atoms with Crippen LogP contribution in [0.15, 0.2) is 29.2 Å². The molecular formula is C17H27NO2S. The van der Waals surface area contributed by atoms with Gasteiger partial charge in [0.05, 0.1) is 12.4 Å². The zero-order valence-corrected chi connectivity index (χ0v) is 14.0. The highest BCUT2D eigenvalue weighted by Gasteiger charge is 2.12. The third-order valence-electron chi connectivity index (χ3n) is 3.38. The number of carbonyl (C=O) groups is 1. The molecule has 0 aliphatic rings. The third kappa shape index (κ3) is 7.00. The SMILES string of the molecule is CCCCN(CCCC)C(=O)CSc1ccc(CO)cc1. The first-order valence-electron chi connectivity index (χ1n) is 7.81. The van der Waals surface area contributed by atoms with Gasteiger partial charge in [-0.2, -0.15) is 0 Å². The summed E-state index contributed by atoms with van der Waals surface area (Å²) in [6.45, 7) is 6.12. The molecule has 0 atom stereocenters. The first kappa shape index (κ1) is 18.1. The molecule has 0 aliphatic heterocycles. The van der Waals surface area contributed by atoms with Crippen molar-refractivity contribution in [3.63, 3.8) is 0 Å². The monoisotopic (exact) mass is 309 g/mol. The van der Waals surface area contributed by atoms with Crippen molar-refractivity contribution in [3.8, 4) is 0 Å². The highest BCUT2D eigenvalue weighted by molar-refractivity contribution is 8.00. The van der Waals surface area contributed by atoms with Crippen LogP contribution in [-0.4, -0.2) is 34.8 Å². The van der Waals surface area contributed by atoms with Crippen LogP contribution in [0.25, 0.3) is 0 Å². The fourth-order valence-corrected chi connectivity index (χ4v) is 2.79. The van der Waals surface area contributed by atoms with Crippen molar-refractivity contribution in [3.05, 3.63) is 29.8 Å². The third-order valence-corrected chi connectivity index (χ3v) is 4.38. The Hall–Kier alpha value is -1.00. The van der Waals surface area contributed by atoms with Crippen LogP contribution in [0.4, 0.5) is 0 Å². The van der Waals surface area contributed by atoms with E-state index in [1.54, 1.807) is 11.8 Å². The maximum Gasteiger partial charge on any atom is 0.232 e. The van der Waals surface area contributed by atoms with Crippen molar-refractivity contribution >= 4 is 17.7 Å². The molecule has 0 radical (unpaired) electrons. The minimum absolute atomic E-state index is 0.0612. The lowest BCUT2D eigenvalue weighted by Gasteiger charge is -2.22. The first-order chi connectivity index (χ1) is 10.2. The molecule has 0 saturated heterocycles. The summed E-state index contributed by atoms with van der Waals surface area (Å²) in [5.74, 6) is 0.722. The number of benzene rings is 1. The summed E-state index contributed by atoms with van der Waals surface area (Å²) in [4.78, 5) is 15.4. The molecule has 0 saturated carbocycles. The van der Waals surface area contributed by atoms with Crippen molar-refractivity contribution < 1.29 is 9.90 Å². The molecule has 0 bridgehead atoms. The van der Waals surface area contributed by atoms with Crippen LogP contribution in [0, 0.1) is 0 Å². The normalized spacial score (nSPS) is 10.6. The summed E-state index contributed by atoms with van der Waals surface area (Å²) in [5, 5.41) is 9.02. The molecule has 0 spiro atoms. The lowest BCUT2D eigenvalue weighted by molar-refractivity contribution is -0.128. The second-order valence-corrected chi connectivity index (χ2v) is 6.23. The van der Waals surface area contributed by atoms with E-state index in [2.05, 4.69) is 13.8 Å². The number of nitrogens with zero attached hydrogens (tertiary/aromatic N) is 1. The van der Waals surface area contributed by atoms with E-state index in [4.69, 9.17) is 5.11 Å². The molecule has 1 rings (SSSR count). The number of rotatable bonds is 10. The lowest BCUT2D eigenvalue weighted by atomic mass is 10.2. The molecule has 1 amide bonds. The van der Waals surface area contributed by atoms with Crippen LogP contribution in [0.3, 0.4) is 0 Å². The highest BCUT2D eigenvalue weighted by Crippen LogP contribution is 2.19. The largest absolute Gasteiger partial charge is 0.392 e. The molecule has 0 unspecified atom stereocenters. The molecule has 4 heteroatoms. The molecule has 1 aromatic rings. The number of thioether (sulfide) groups is 1. The fraction of sp³-hybridized carbons (Fsp3) is 0.588. The summed E-state index contributed by atoms with van der Waals surface area (Å²) in [5.41, 5.74) is 0.901. The van der Waals surface area contributed by atoms with Gasteiger partial charge in [-0.15, -0.1) is 11.8 Å². The van der Waals surface area contributed by atoms with Crippen molar-refractivity contribution in [2.75, 3.05) is 18.8 Å². The van der Waals surface area contributed by atoms with Gasteiger partial charge in [-0.3, -0.25) is 4.79 Å². The van der Waals surface area contributed by atoms with Gasteiger partial charge in [0, 0.05) is 18.0 Å². The minimum Gasteiger partial charge on any atom is -0.392 e. The van der Waals surface area contributed by atoms with Gasteiger partial charge in [-0.25, -0.2) is 0 Å². The average Bonchev–Trinajstić information content (AvgIpc) is 2.53. The summed E-state index contributed by atoms with van der Waals surface area (Å²) < 4.78 is 0. The van der Waals surface area contributed by atoms with E-state index in [0.717, 1.165) is 49.2 Å². The zero-order chi connectivity index (χ0) is 15.5. The fourth-order valence-electron chi connectivity index (χ4n) is 1.99. The topological polar surface area (TPSA) is 40.5 Å². The van der Waals surface area contributed by atoms with Crippen LogP contribution in [-0.2, 0) is 11.4 Å².